The maximum absolute atomic E-state index is 11.5. The third-order valence-electron chi connectivity index (χ3n) is 2.57. The molecule has 1 aliphatic rings. The number of ketones is 1. The third kappa shape index (κ3) is 2.44. The van der Waals surface area contributed by atoms with Crippen LogP contribution in [0.5, 0.6) is 0 Å². The number of carbonyl (C=O) groups excluding carboxylic acids is 2. The Hall–Kier alpha value is -1.12. The van der Waals surface area contributed by atoms with Crippen LogP contribution in [0.25, 0.3) is 0 Å². The topological polar surface area (TPSA) is 43.4 Å². The quantitative estimate of drug-likeness (QED) is 0.392. The minimum atomic E-state index is -0.514. The van der Waals surface area contributed by atoms with Crippen molar-refractivity contribution in [1.82, 2.24) is 0 Å². The molecular weight excluding hydrogens is 180 g/mol. The molecule has 78 valence electrons. The van der Waals surface area contributed by atoms with Crippen LogP contribution in [0.2, 0.25) is 0 Å². The van der Waals surface area contributed by atoms with Gasteiger partial charge in [0.1, 0.15) is 18.3 Å². The largest absolute Gasteiger partial charge is 0.461 e. The molecule has 0 aromatic carbocycles. The molecule has 0 spiro atoms. The van der Waals surface area contributed by atoms with Crippen molar-refractivity contribution in [2.24, 2.45) is 11.8 Å². The van der Waals surface area contributed by atoms with Gasteiger partial charge in [0.05, 0.1) is 0 Å². The summed E-state index contributed by atoms with van der Waals surface area (Å²) >= 11 is 0. The molecule has 0 aliphatic heterocycles. The molecule has 0 aromatic rings. The Kier molecular flexibility index (Phi) is 3.86. The van der Waals surface area contributed by atoms with Crippen LogP contribution in [0.15, 0.2) is 12.2 Å². The normalized spacial score (nSPS) is 27.1. The van der Waals surface area contributed by atoms with Crippen molar-refractivity contribution in [3.63, 3.8) is 0 Å². The van der Waals surface area contributed by atoms with Gasteiger partial charge in [-0.05, 0) is 19.3 Å². The van der Waals surface area contributed by atoms with E-state index >= 15 is 0 Å². The van der Waals surface area contributed by atoms with Crippen LogP contribution in [-0.2, 0) is 14.3 Å². The first-order valence-corrected chi connectivity index (χ1v) is 4.97. The van der Waals surface area contributed by atoms with Gasteiger partial charge in [0.2, 0.25) is 0 Å². The number of Topliss-reactive ketones (excluding diaryl/α,β-unsaturated/α-hetero) is 1. The van der Waals surface area contributed by atoms with Crippen molar-refractivity contribution in [2.75, 3.05) is 6.61 Å². The first kappa shape index (κ1) is 11.0. The van der Waals surface area contributed by atoms with Crippen molar-refractivity contribution < 1.29 is 14.3 Å². The van der Waals surface area contributed by atoms with Crippen LogP contribution in [-0.4, -0.2) is 18.4 Å². The highest BCUT2D eigenvalue weighted by atomic mass is 16.5. The first-order valence-electron chi connectivity index (χ1n) is 4.97. The predicted octanol–water partition coefficient (Wildman–Crippen LogP) is 1.72. The van der Waals surface area contributed by atoms with E-state index < -0.39 is 5.92 Å². The van der Waals surface area contributed by atoms with Gasteiger partial charge in [-0.2, -0.15) is 0 Å². The van der Waals surface area contributed by atoms with Crippen molar-refractivity contribution in [2.45, 2.75) is 26.7 Å². The molecule has 14 heavy (non-hydrogen) atoms. The van der Waals surface area contributed by atoms with Crippen LogP contribution in [0, 0.1) is 11.8 Å². The Morgan fingerprint density at radius 2 is 2.36 bits per heavy atom. The molecule has 1 rings (SSSR count). The summed E-state index contributed by atoms with van der Waals surface area (Å²) in [7, 11) is 0. The summed E-state index contributed by atoms with van der Waals surface area (Å²) in [6.07, 6.45) is 4.89. The second-order valence-corrected chi connectivity index (χ2v) is 3.66. The lowest BCUT2D eigenvalue weighted by molar-refractivity contribution is -0.151. The summed E-state index contributed by atoms with van der Waals surface area (Å²) in [5.41, 5.74) is 0. The van der Waals surface area contributed by atoms with Gasteiger partial charge >= 0.3 is 5.97 Å². The van der Waals surface area contributed by atoms with Crippen LogP contribution in [0.4, 0.5) is 0 Å². The molecule has 1 fully saturated rings. The summed E-state index contributed by atoms with van der Waals surface area (Å²) in [4.78, 5) is 22.8. The smallest absolute Gasteiger partial charge is 0.317 e. The molecule has 0 heterocycles. The van der Waals surface area contributed by atoms with Crippen LogP contribution in [0.3, 0.4) is 0 Å². The van der Waals surface area contributed by atoms with E-state index in [0.717, 1.165) is 6.42 Å². The number of rotatable bonds is 3. The zero-order chi connectivity index (χ0) is 10.6. The Labute approximate surface area is 84.1 Å². The summed E-state index contributed by atoms with van der Waals surface area (Å²) < 4.78 is 4.96. The maximum atomic E-state index is 11.5. The highest BCUT2D eigenvalue weighted by Crippen LogP contribution is 2.28. The van der Waals surface area contributed by atoms with Crippen molar-refractivity contribution in [1.29, 1.82) is 0 Å². The van der Waals surface area contributed by atoms with Crippen LogP contribution < -0.4 is 0 Å². The fraction of sp³-hybridized carbons (Fsp3) is 0.636. The van der Waals surface area contributed by atoms with E-state index in [1.165, 1.54) is 0 Å². The molecule has 0 amide bonds. The Morgan fingerprint density at radius 3 is 2.86 bits per heavy atom. The van der Waals surface area contributed by atoms with Gasteiger partial charge in [0.15, 0.2) is 0 Å². The van der Waals surface area contributed by atoms with E-state index in [-0.39, 0.29) is 24.3 Å². The van der Waals surface area contributed by atoms with Gasteiger partial charge < -0.3 is 4.74 Å². The van der Waals surface area contributed by atoms with E-state index in [9.17, 15) is 9.59 Å². The minimum absolute atomic E-state index is 0.0305. The first-order chi connectivity index (χ1) is 6.66. The van der Waals surface area contributed by atoms with Crippen molar-refractivity contribution in [3.05, 3.63) is 12.2 Å². The van der Waals surface area contributed by atoms with Crippen molar-refractivity contribution in [3.8, 4) is 0 Å². The lowest BCUT2D eigenvalue weighted by Crippen LogP contribution is -2.25. The molecule has 2 atom stereocenters. The number of carbonyl (C=O) groups is 2. The average molecular weight is 196 g/mol. The second kappa shape index (κ2) is 4.94. The number of ether oxygens (including phenoxy) is 1. The lowest BCUT2D eigenvalue weighted by Gasteiger charge is -2.11. The van der Waals surface area contributed by atoms with Gasteiger partial charge in [0.25, 0.3) is 0 Å². The van der Waals surface area contributed by atoms with Gasteiger partial charge in [-0.3, -0.25) is 9.59 Å². The van der Waals surface area contributed by atoms with Crippen LogP contribution in [0.1, 0.15) is 26.7 Å². The standard InChI is InChI=1S/C11H16O3/c1-3-4-7-14-11(13)10-8(2)5-6-9(10)12/h3-4,8,10H,5-7H2,1-2H3/b4-3+/t8-,10+/m1/s1. The number of allylic oxidation sites excluding steroid dienone is 1. The average Bonchev–Trinajstić information content (AvgIpc) is 2.46. The Morgan fingerprint density at radius 1 is 1.64 bits per heavy atom. The molecule has 1 aliphatic carbocycles. The highest BCUT2D eigenvalue weighted by molar-refractivity contribution is 6.00. The second-order valence-electron chi connectivity index (χ2n) is 3.66. The summed E-state index contributed by atoms with van der Waals surface area (Å²) in [5, 5.41) is 0. The molecule has 0 radical (unpaired) electrons. The van der Waals surface area contributed by atoms with Gasteiger partial charge in [-0.15, -0.1) is 0 Å². The van der Waals surface area contributed by atoms with Gasteiger partial charge in [-0.25, -0.2) is 0 Å². The fourth-order valence-corrected chi connectivity index (χ4v) is 1.69. The summed E-state index contributed by atoms with van der Waals surface area (Å²) in [6.45, 7) is 4.05. The maximum Gasteiger partial charge on any atom is 0.317 e. The minimum Gasteiger partial charge on any atom is -0.461 e. The molecule has 1 saturated carbocycles. The zero-order valence-corrected chi connectivity index (χ0v) is 8.66. The van der Waals surface area contributed by atoms with Gasteiger partial charge in [-0.1, -0.05) is 19.1 Å². The molecule has 3 nitrogen and oxygen atoms in total. The molecule has 0 N–H and O–H groups in total. The van der Waals surface area contributed by atoms with E-state index in [0.29, 0.717) is 6.42 Å². The molecule has 0 bridgehead atoms. The van der Waals surface area contributed by atoms with E-state index in [4.69, 9.17) is 4.74 Å². The van der Waals surface area contributed by atoms with E-state index in [1.54, 1.807) is 6.08 Å². The van der Waals surface area contributed by atoms with E-state index in [1.807, 2.05) is 19.9 Å². The number of esters is 1. The SMILES string of the molecule is C/C=C/COC(=O)[C@@H]1C(=O)CC[C@H]1C. The zero-order valence-electron chi connectivity index (χ0n) is 8.66. The Balaban J connectivity index is 2.47. The summed E-state index contributed by atoms with van der Waals surface area (Å²) in [6, 6.07) is 0. The van der Waals surface area contributed by atoms with Gasteiger partial charge in [0, 0.05) is 6.42 Å². The predicted molar refractivity (Wildman–Crippen MR) is 52.7 cm³/mol. The van der Waals surface area contributed by atoms with Crippen molar-refractivity contribution >= 4 is 11.8 Å². The number of hydrogen-bond donors (Lipinski definition) is 0. The molecule has 3 heteroatoms. The molecule has 0 aromatic heterocycles. The Bertz CT molecular complexity index is 255. The molecular formula is C11H16O3. The third-order valence-corrected chi connectivity index (χ3v) is 2.57. The molecule has 0 unspecified atom stereocenters. The highest BCUT2D eigenvalue weighted by Gasteiger charge is 2.38. The lowest BCUT2D eigenvalue weighted by atomic mass is 9.98. The van der Waals surface area contributed by atoms with E-state index in [2.05, 4.69) is 0 Å². The van der Waals surface area contributed by atoms with Crippen LogP contribution >= 0.6 is 0 Å². The molecule has 0 saturated heterocycles. The fourth-order valence-electron chi connectivity index (χ4n) is 1.69. The number of hydrogen-bond acceptors (Lipinski definition) is 3. The summed E-state index contributed by atoms with van der Waals surface area (Å²) in [5.74, 6) is -0.707. The monoisotopic (exact) mass is 196 g/mol.